The van der Waals surface area contributed by atoms with Crippen molar-refractivity contribution in [3.05, 3.63) is 80.4 Å². The molecule has 0 heterocycles. The third kappa shape index (κ3) is 3.67. The van der Waals surface area contributed by atoms with Gasteiger partial charge in [-0.25, -0.2) is 0 Å². The summed E-state index contributed by atoms with van der Waals surface area (Å²) >= 11 is 0. The summed E-state index contributed by atoms with van der Waals surface area (Å²) in [6, 6.07) is 11.9. The van der Waals surface area contributed by atoms with E-state index in [4.69, 9.17) is 0 Å². The van der Waals surface area contributed by atoms with Crippen molar-refractivity contribution in [2.45, 2.75) is 6.92 Å². The largest absolute Gasteiger partial charge is 0.508 e. The fourth-order valence-electron chi connectivity index (χ4n) is 3.58. The number of rotatable bonds is 5. The fourth-order valence-corrected chi connectivity index (χ4v) is 3.58. The zero-order valence-corrected chi connectivity index (χ0v) is 16.9. The standard InChI is InChI=1S/C22H14N4O7/c1-11(27)14-3-2-4-16-20(14)22(29)17-10-13(28)6-7-15(17)21(16)24-23-18-8-5-12(25(30)31)9-19(18)26(32)33/h2-10,28-29H,1H3. The third-order valence-electron chi connectivity index (χ3n) is 5.07. The molecule has 0 saturated carbocycles. The van der Waals surface area contributed by atoms with Crippen molar-refractivity contribution in [3.8, 4) is 11.5 Å². The molecular weight excluding hydrogens is 432 g/mol. The quantitative estimate of drug-likeness (QED) is 0.127. The number of benzene rings is 4. The van der Waals surface area contributed by atoms with E-state index in [-0.39, 0.29) is 45.0 Å². The molecule has 0 aliphatic rings. The smallest absolute Gasteiger partial charge is 0.303 e. The second-order valence-electron chi connectivity index (χ2n) is 7.10. The Kier molecular flexibility index (Phi) is 5.14. The minimum atomic E-state index is -0.805. The highest BCUT2D eigenvalue weighted by molar-refractivity contribution is 6.20. The molecular formula is C22H14N4O7. The second kappa shape index (κ2) is 7.96. The highest BCUT2D eigenvalue weighted by Crippen LogP contribution is 2.45. The molecule has 11 heteroatoms. The average Bonchev–Trinajstić information content (AvgIpc) is 2.78. The van der Waals surface area contributed by atoms with Crippen LogP contribution in [0, 0.1) is 20.2 Å². The molecule has 4 rings (SSSR count). The van der Waals surface area contributed by atoms with E-state index in [0.717, 1.165) is 18.2 Å². The normalized spacial score (nSPS) is 11.3. The van der Waals surface area contributed by atoms with Crippen molar-refractivity contribution in [3.63, 3.8) is 0 Å². The number of non-ortho nitro benzene ring substituents is 1. The van der Waals surface area contributed by atoms with E-state index in [1.54, 1.807) is 12.1 Å². The van der Waals surface area contributed by atoms with Gasteiger partial charge in [0.2, 0.25) is 0 Å². The monoisotopic (exact) mass is 446 g/mol. The van der Waals surface area contributed by atoms with E-state index in [1.807, 2.05) is 0 Å². The Morgan fingerprint density at radius 3 is 2.30 bits per heavy atom. The molecule has 0 aromatic heterocycles. The number of phenols is 2. The lowest BCUT2D eigenvalue weighted by Crippen LogP contribution is -1.94. The third-order valence-corrected chi connectivity index (χ3v) is 5.07. The number of azo groups is 1. The number of hydrogen-bond donors (Lipinski definition) is 2. The predicted molar refractivity (Wildman–Crippen MR) is 119 cm³/mol. The maximum Gasteiger partial charge on any atom is 0.303 e. The molecule has 0 radical (unpaired) electrons. The van der Waals surface area contributed by atoms with Crippen LogP contribution in [-0.2, 0) is 0 Å². The Hall–Kier alpha value is -4.93. The molecule has 0 bridgehead atoms. The zero-order valence-electron chi connectivity index (χ0n) is 16.9. The van der Waals surface area contributed by atoms with E-state index in [2.05, 4.69) is 10.2 Å². The van der Waals surface area contributed by atoms with Crippen LogP contribution in [0.5, 0.6) is 11.5 Å². The molecule has 0 saturated heterocycles. The van der Waals surface area contributed by atoms with Gasteiger partial charge in [-0.15, -0.1) is 10.2 Å². The summed E-state index contributed by atoms with van der Waals surface area (Å²) in [5, 5.41) is 52.4. The first-order valence-electron chi connectivity index (χ1n) is 9.45. The molecule has 0 aliphatic carbocycles. The summed E-state index contributed by atoms with van der Waals surface area (Å²) in [5.74, 6) is -0.683. The lowest BCUT2D eigenvalue weighted by molar-refractivity contribution is -0.393. The van der Waals surface area contributed by atoms with Crippen LogP contribution < -0.4 is 0 Å². The number of nitrogens with zero attached hydrogens (tertiary/aromatic N) is 4. The average molecular weight is 446 g/mol. The van der Waals surface area contributed by atoms with Crippen LogP contribution >= 0.6 is 0 Å². The Morgan fingerprint density at radius 1 is 0.879 bits per heavy atom. The van der Waals surface area contributed by atoms with Gasteiger partial charge in [0.1, 0.15) is 17.2 Å². The molecule has 4 aromatic carbocycles. The van der Waals surface area contributed by atoms with Gasteiger partial charge in [0.15, 0.2) is 11.5 Å². The lowest BCUT2D eigenvalue weighted by Gasteiger charge is -2.13. The molecule has 33 heavy (non-hydrogen) atoms. The summed E-state index contributed by atoms with van der Waals surface area (Å²) in [4.78, 5) is 33.0. The number of ketones is 1. The van der Waals surface area contributed by atoms with Gasteiger partial charge in [-0.2, -0.15) is 0 Å². The summed E-state index contributed by atoms with van der Waals surface area (Å²) < 4.78 is 0. The highest BCUT2D eigenvalue weighted by atomic mass is 16.6. The molecule has 11 nitrogen and oxygen atoms in total. The summed E-state index contributed by atoms with van der Waals surface area (Å²) in [5.41, 5.74) is -0.895. The van der Waals surface area contributed by atoms with Crippen molar-refractivity contribution >= 4 is 50.1 Å². The maximum atomic E-state index is 12.2. The number of carbonyl (C=O) groups excluding carboxylic acids is 1. The van der Waals surface area contributed by atoms with Gasteiger partial charge < -0.3 is 10.2 Å². The molecule has 164 valence electrons. The first kappa shape index (κ1) is 21.3. The van der Waals surface area contributed by atoms with E-state index in [9.17, 15) is 35.2 Å². The molecule has 0 fully saturated rings. The van der Waals surface area contributed by atoms with Gasteiger partial charge in [-0.05, 0) is 31.2 Å². The number of hydrogen-bond acceptors (Lipinski definition) is 9. The van der Waals surface area contributed by atoms with Crippen molar-refractivity contribution in [2.75, 3.05) is 0 Å². The first-order chi connectivity index (χ1) is 15.7. The second-order valence-corrected chi connectivity index (χ2v) is 7.10. The van der Waals surface area contributed by atoms with Crippen LogP contribution in [0.4, 0.5) is 22.7 Å². The number of nitro groups is 2. The van der Waals surface area contributed by atoms with Crippen LogP contribution in [0.1, 0.15) is 17.3 Å². The van der Waals surface area contributed by atoms with Crippen molar-refractivity contribution in [1.82, 2.24) is 0 Å². The van der Waals surface area contributed by atoms with Gasteiger partial charge in [0.05, 0.1) is 15.9 Å². The van der Waals surface area contributed by atoms with E-state index in [1.165, 1.54) is 31.2 Å². The van der Waals surface area contributed by atoms with Crippen LogP contribution in [0.25, 0.3) is 21.5 Å². The Bertz CT molecular complexity index is 1530. The van der Waals surface area contributed by atoms with Crippen molar-refractivity contribution < 1.29 is 24.9 Å². The lowest BCUT2D eigenvalue weighted by atomic mass is 9.95. The zero-order chi connectivity index (χ0) is 23.9. The number of aromatic hydroxyl groups is 2. The number of nitro benzene ring substituents is 2. The van der Waals surface area contributed by atoms with Gasteiger partial charge >= 0.3 is 5.69 Å². The topological polar surface area (TPSA) is 169 Å². The molecule has 0 spiro atoms. The fraction of sp³-hybridized carbons (Fsp3) is 0.0455. The Labute approximate surface area is 184 Å². The minimum absolute atomic E-state index is 0.133. The van der Waals surface area contributed by atoms with Gasteiger partial charge in [-0.3, -0.25) is 25.0 Å². The van der Waals surface area contributed by atoms with Crippen LogP contribution in [0.15, 0.2) is 64.8 Å². The minimum Gasteiger partial charge on any atom is -0.508 e. The van der Waals surface area contributed by atoms with Crippen molar-refractivity contribution in [1.29, 1.82) is 0 Å². The molecule has 2 N–H and O–H groups in total. The number of Topliss-reactive ketones (excluding diaryl/α,β-unsaturated/α-hetero) is 1. The van der Waals surface area contributed by atoms with Gasteiger partial charge in [-0.1, -0.05) is 18.2 Å². The molecule has 0 aliphatic heterocycles. The van der Waals surface area contributed by atoms with E-state index in [0.29, 0.717) is 10.8 Å². The molecule has 0 unspecified atom stereocenters. The van der Waals surface area contributed by atoms with Crippen LogP contribution in [-0.4, -0.2) is 25.8 Å². The van der Waals surface area contributed by atoms with Gasteiger partial charge in [0.25, 0.3) is 5.69 Å². The van der Waals surface area contributed by atoms with E-state index < -0.39 is 21.2 Å². The Morgan fingerprint density at radius 2 is 1.64 bits per heavy atom. The SMILES string of the molecule is CC(=O)c1cccc2c(N=Nc3ccc([N+](=O)[O-])cc3[N+](=O)[O-])c3ccc(O)cc3c(O)c12. The first-order valence-corrected chi connectivity index (χ1v) is 9.45. The highest BCUT2D eigenvalue weighted by Gasteiger charge is 2.21. The maximum absolute atomic E-state index is 12.2. The van der Waals surface area contributed by atoms with Crippen LogP contribution in [0.2, 0.25) is 0 Å². The number of phenolic OH excluding ortho intramolecular Hbond substituents is 2. The predicted octanol–water partition coefficient (Wildman–Crippen LogP) is 5.84. The van der Waals surface area contributed by atoms with Crippen LogP contribution in [0.3, 0.4) is 0 Å². The van der Waals surface area contributed by atoms with Gasteiger partial charge in [0, 0.05) is 33.2 Å². The van der Waals surface area contributed by atoms with E-state index >= 15 is 0 Å². The number of fused-ring (bicyclic) bond motifs is 2. The summed E-state index contributed by atoms with van der Waals surface area (Å²) in [6.07, 6.45) is 0. The molecule has 0 atom stereocenters. The molecule has 0 amide bonds. The molecule has 4 aromatic rings. The Balaban J connectivity index is 2.04. The van der Waals surface area contributed by atoms with Crippen molar-refractivity contribution in [2.24, 2.45) is 10.2 Å². The number of carbonyl (C=O) groups is 1. The summed E-state index contributed by atoms with van der Waals surface area (Å²) in [6.45, 7) is 1.34. The summed E-state index contributed by atoms with van der Waals surface area (Å²) in [7, 11) is 0.